The number of aromatic nitrogens is 2. The molecule has 1 aliphatic carbocycles. The summed E-state index contributed by atoms with van der Waals surface area (Å²) < 4.78 is 7.33. The summed E-state index contributed by atoms with van der Waals surface area (Å²) in [7, 11) is 3.69. The van der Waals surface area contributed by atoms with Gasteiger partial charge >= 0.3 is 0 Å². The van der Waals surface area contributed by atoms with E-state index in [0.717, 1.165) is 44.0 Å². The number of nitrogens with zero attached hydrogens (tertiary/aromatic N) is 3. The second-order valence-electron chi connectivity index (χ2n) is 7.56. The highest BCUT2D eigenvalue weighted by Crippen LogP contribution is 2.48. The fraction of sp³-hybridized carbons (Fsp3) is 0.550. The lowest BCUT2D eigenvalue weighted by molar-refractivity contribution is -0.155. The molecular weight excluding hydrogens is 314 g/mol. The molecule has 0 amide bonds. The molecule has 2 heterocycles. The molecule has 1 unspecified atom stereocenters. The molecule has 2 aliphatic rings. The van der Waals surface area contributed by atoms with Gasteiger partial charge < -0.3 is 14.4 Å². The first-order valence-electron chi connectivity index (χ1n) is 9.16. The Hall–Kier alpha value is -1.85. The third-order valence-electron chi connectivity index (χ3n) is 6.03. The van der Waals surface area contributed by atoms with Crippen LogP contribution in [0.4, 0.5) is 0 Å². The number of methoxy groups -OCH3 is 1. The van der Waals surface area contributed by atoms with Gasteiger partial charge in [-0.3, -0.25) is 4.90 Å². The van der Waals surface area contributed by atoms with E-state index in [1.165, 1.54) is 12.0 Å². The Bertz CT molecular complexity index is 728. The van der Waals surface area contributed by atoms with Crippen molar-refractivity contribution < 1.29 is 9.84 Å². The normalized spacial score (nSPS) is 29.6. The summed E-state index contributed by atoms with van der Waals surface area (Å²) in [6.07, 6.45) is 7.06. The highest BCUT2D eigenvalue weighted by Gasteiger charge is 2.53. The van der Waals surface area contributed by atoms with Gasteiger partial charge in [-0.15, -0.1) is 0 Å². The van der Waals surface area contributed by atoms with Crippen LogP contribution in [0.15, 0.2) is 36.7 Å². The van der Waals surface area contributed by atoms with Crippen molar-refractivity contribution in [2.75, 3.05) is 20.2 Å². The van der Waals surface area contributed by atoms with Crippen molar-refractivity contribution in [1.29, 1.82) is 0 Å². The average Bonchev–Trinajstić information content (AvgIpc) is 3.03. The molecule has 1 saturated carbocycles. The van der Waals surface area contributed by atoms with Crippen molar-refractivity contribution in [3.8, 4) is 5.75 Å². The summed E-state index contributed by atoms with van der Waals surface area (Å²) in [5, 5.41) is 11.6. The van der Waals surface area contributed by atoms with E-state index in [2.05, 4.69) is 22.0 Å². The van der Waals surface area contributed by atoms with Crippen LogP contribution >= 0.6 is 0 Å². The molecule has 2 bridgehead atoms. The first-order chi connectivity index (χ1) is 12.1. The molecule has 1 aromatic heterocycles. The Balaban J connectivity index is 1.56. The Morgan fingerprint density at radius 3 is 2.68 bits per heavy atom. The predicted molar refractivity (Wildman–Crippen MR) is 96.2 cm³/mol. The maximum Gasteiger partial charge on any atom is 0.141 e. The second kappa shape index (κ2) is 6.46. The van der Waals surface area contributed by atoms with Gasteiger partial charge in [0.1, 0.15) is 17.2 Å². The number of aryl methyl sites for hydroxylation is 1. The Labute approximate surface area is 149 Å². The lowest BCUT2D eigenvalue weighted by Gasteiger charge is -2.52. The minimum atomic E-state index is -0.790. The molecule has 1 saturated heterocycles. The highest BCUT2D eigenvalue weighted by atomic mass is 16.5. The van der Waals surface area contributed by atoms with Crippen LogP contribution < -0.4 is 4.74 Å². The molecule has 5 heteroatoms. The maximum absolute atomic E-state index is 11.6. The summed E-state index contributed by atoms with van der Waals surface area (Å²) in [4.78, 5) is 6.99. The van der Waals surface area contributed by atoms with Gasteiger partial charge in [-0.05, 0) is 30.5 Å². The van der Waals surface area contributed by atoms with Crippen LogP contribution in [0, 0.1) is 11.8 Å². The number of imidazole rings is 1. The van der Waals surface area contributed by atoms with Gasteiger partial charge in [-0.2, -0.15) is 0 Å². The molecule has 0 radical (unpaired) electrons. The summed E-state index contributed by atoms with van der Waals surface area (Å²) in [6.45, 7) is 2.73. The quantitative estimate of drug-likeness (QED) is 0.928. The monoisotopic (exact) mass is 341 g/mol. The number of likely N-dealkylation sites (tertiary alicyclic amines) is 1. The molecule has 3 atom stereocenters. The molecule has 0 spiro atoms. The van der Waals surface area contributed by atoms with Gasteiger partial charge in [-0.1, -0.05) is 18.6 Å². The Morgan fingerprint density at radius 2 is 2.04 bits per heavy atom. The van der Waals surface area contributed by atoms with Gasteiger partial charge in [0, 0.05) is 50.9 Å². The van der Waals surface area contributed by atoms with Crippen LogP contribution in [0.1, 0.15) is 30.7 Å². The minimum Gasteiger partial charge on any atom is -0.497 e. The fourth-order valence-electron chi connectivity index (χ4n) is 4.82. The zero-order valence-corrected chi connectivity index (χ0v) is 15.1. The molecule has 4 rings (SSSR count). The Morgan fingerprint density at radius 1 is 1.28 bits per heavy atom. The van der Waals surface area contributed by atoms with Crippen LogP contribution in [0.2, 0.25) is 0 Å². The number of hydrogen-bond donors (Lipinski definition) is 1. The number of fused-ring (bicyclic) bond motifs is 2. The topological polar surface area (TPSA) is 50.5 Å². The van der Waals surface area contributed by atoms with Crippen molar-refractivity contribution >= 4 is 0 Å². The van der Waals surface area contributed by atoms with E-state index in [1.807, 2.05) is 29.9 Å². The zero-order chi connectivity index (χ0) is 17.4. The van der Waals surface area contributed by atoms with Crippen molar-refractivity contribution in [1.82, 2.24) is 14.5 Å². The predicted octanol–water partition coefficient (Wildman–Crippen LogP) is 2.55. The molecule has 1 aromatic carbocycles. The largest absolute Gasteiger partial charge is 0.497 e. The first kappa shape index (κ1) is 16.6. The number of aliphatic hydroxyl groups is 1. The molecule has 1 N–H and O–H groups in total. The number of rotatable bonds is 4. The van der Waals surface area contributed by atoms with Crippen molar-refractivity contribution in [3.63, 3.8) is 0 Å². The summed E-state index contributed by atoms with van der Waals surface area (Å²) in [5.74, 6) is 2.22. The van der Waals surface area contributed by atoms with Crippen LogP contribution in [0.5, 0.6) is 5.75 Å². The summed E-state index contributed by atoms with van der Waals surface area (Å²) in [5.41, 5.74) is 0.473. The number of piperidine rings is 1. The molecule has 25 heavy (non-hydrogen) atoms. The van der Waals surface area contributed by atoms with Crippen LogP contribution in [-0.2, 0) is 19.2 Å². The van der Waals surface area contributed by atoms with E-state index in [4.69, 9.17) is 4.74 Å². The molecule has 2 fully saturated rings. The maximum atomic E-state index is 11.6. The van der Waals surface area contributed by atoms with E-state index in [0.29, 0.717) is 0 Å². The zero-order valence-electron chi connectivity index (χ0n) is 15.1. The van der Waals surface area contributed by atoms with E-state index in [-0.39, 0.29) is 11.8 Å². The van der Waals surface area contributed by atoms with Gasteiger partial charge in [0.2, 0.25) is 0 Å². The smallest absolute Gasteiger partial charge is 0.141 e. The van der Waals surface area contributed by atoms with Crippen LogP contribution in [-0.4, -0.2) is 39.8 Å². The molecule has 1 aliphatic heterocycles. The number of hydrogen-bond acceptors (Lipinski definition) is 4. The van der Waals surface area contributed by atoms with E-state index < -0.39 is 5.60 Å². The fourth-order valence-corrected chi connectivity index (χ4v) is 4.82. The number of benzene rings is 1. The van der Waals surface area contributed by atoms with E-state index in [9.17, 15) is 5.11 Å². The van der Waals surface area contributed by atoms with Gasteiger partial charge in [0.25, 0.3) is 0 Å². The van der Waals surface area contributed by atoms with Gasteiger partial charge in [0.05, 0.1) is 7.11 Å². The average molecular weight is 341 g/mol. The Kier molecular flexibility index (Phi) is 4.29. The summed E-state index contributed by atoms with van der Waals surface area (Å²) >= 11 is 0. The molecular formula is C20H27N3O2. The van der Waals surface area contributed by atoms with E-state index >= 15 is 0 Å². The molecule has 5 nitrogen and oxygen atoms in total. The minimum absolute atomic E-state index is 0.242. The van der Waals surface area contributed by atoms with Crippen LogP contribution in [0.25, 0.3) is 0 Å². The van der Waals surface area contributed by atoms with Gasteiger partial charge in [0.15, 0.2) is 0 Å². The number of ether oxygens (including phenoxy) is 1. The second-order valence-corrected chi connectivity index (χ2v) is 7.56. The van der Waals surface area contributed by atoms with Crippen molar-refractivity contribution in [2.45, 2.75) is 31.4 Å². The lowest BCUT2D eigenvalue weighted by atomic mass is 9.65. The van der Waals surface area contributed by atoms with Crippen molar-refractivity contribution in [2.24, 2.45) is 18.9 Å². The van der Waals surface area contributed by atoms with E-state index in [1.54, 1.807) is 13.3 Å². The standard InChI is InChI=1S/C20H27N3O2/c1-22-10-9-21-19(22)20(24)16-6-4-7-17(20)14-23(13-16)12-15-5-3-8-18(11-15)25-2/h3,5,8-11,16-17,24H,4,6-7,12-14H2,1-2H3/t16-,17+,20?. The molecule has 134 valence electrons. The third-order valence-corrected chi connectivity index (χ3v) is 6.03. The van der Waals surface area contributed by atoms with Gasteiger partial charge in [-0.25, -0.2) is 4.98 Å². The van der Waals surface area contributed by atoms with Crippen LogP contribution in [0.3, 0.4) is 0 Å². The lowest BCUT2D eigenvalue weighted by Crippen LogP contribution is -2.58. The summed E-state index contributed by atoms with van der Waals surface area (Å²) in [6, 6.07) is 8.28. The molecule has 2 aromatic rings. The van der Waals surface area contributed by atoms with Crippen molar-refractivity contribution in [3.05, 3.63) is 48.0 Å². The third kappa shape index (κ3) is 2.85. The first-order valence-corrected chi connectivity index (χ1v) is 9.16. The SMILES string of the molecule is COc1cccc(CN2C[C@H]3CCC[C@@H](C2)C3(O)c2nccn2C)c1. The highest BCUT2D eigenvalue weighted by molar-refractivity contribution is 5.28.